The molecule has 15 heavy (non-hydrogen) atoms. The molecule has 1 amide bonds. The second kappa shape index (κ2) is 3.95. The highest BCUT2D eigenvalue weighted by Crippen LogP contribution is 2.33. The quantitative estimate of drug-likeness (QED) is 0.623. The van der Waals surface area contributed by atoms with Gasteiger partial charge in [0.2, 0.25) is 5.91 Å². The predicted octanol–water partition coefficient (Wildman–Crippen LogP) is 2.55. The van der Waals surface area contributed by atoms with Gasteiger partial charge < -0.3 is 5.73 Å². The summed E-state index contributed by atoms with van der Waals surface area (Å²) in [6.45, 7) is 0. The highest BCUT2D eigenvalue weighted by atomic mass is 127. The molecule has 82 valence electrons. The average molecular weight is 333 g/mol. The van der Waals surface area contributed by atoms with E-state index >= 15 is 0 Å². The van der Waals surface area contributed by atoms with E-state index in [0.29, 0.717) is 12.1 Å². The molecule has 0 unspecified atom stereocenters. The summed E-state index contributed by atoms with van der Waals surface area (Å²) in [6.07, 6.45) is -4.78. The van der Waals surface area contributed by atoms with Crippen LogP contribution in [0.5, 0.6) is 0 Å². The van der Waals surface area contributed by atoms with Crippen molar-refractivity contribution in [1.29, 1.82) is 0 Å². The van der Waals surface area contributed by atoms with Gasteiger partial charge in [0.15, 0.2) is 0 Å². The van der Waals surface area contributed by atoms with Gasteiger partial charge in [-0.25, -0.2) is 4.39 Å². The lowest BCUT2D eigenvalue weighted by atomic mass is 10.1. The first kappa shape index (κ1) is 12.2. The van der Waals surface area contributed by atoms with Crippen molar-refractivity contribution in [3.63, 3.8) is 0 Å². The van der Waals surface area contributed by atoms with Crippen molar-refractivity contribution in [2.24, 2.45) is 5.73 Å². The van der Waals surface area contributed by atoms with Crippen LogP contribution in [0.2, 0.25) is 0 Å². The second-order valence-electron chi connectivity index (χ2n) is 2.67. The molecule has 2 nitrogen and oxygen atoms in total. The lowest BCUT2D eigenvalue weighted by molar-refractivity contribution is -0.140. The Morgan fingerprint density at radius 3 is 2.27 bits per heavy atom. The molecule has 0 heterocycles. The Morgan fingerprint density at radius 1 is 1.33 bits per heavy atom. The fourth-order valence-corrected chi connectivity index (χ4v) is 1.69. The minimum Gasteiger partial charge on any atom is -0.366 e. The summed E-state index contributed by atoms with van der Waals surface area (Å²) in [6, 6.07) is 1.04. The number of primary amides is 1. The zero-order valence-corrected chi connectivity index (χ0v) is 9.19. The Morgan fingerprint density at radius 2 is 1.87 bits per heavy atom. The first-order valence-corrected chi connectivity index (χ1v) is 4.67. The van der Waals surface area contributed by atoms with Crippen LogP contribution in [0.3, 0.4) is 0 Å². The molecule has 2 N–H and O–H groups in total. The Bertz CT molecular complexity index is 416. The van der Waals surface area contributed by atoms with Crippen LogP contribution in [0.1, 0.15) is 15.9 Å². The van der Waals surface area contributed by atoms with E-state index in [4.69, 9.17) is 5.73 Å². The number of amides is 1. The average Bonchev–Trinajstić information content (AvgIpc) is 2.06. The number of hydrogen-bond acceptors (Lipinski definition) is 1. The summed E-state index contributed by atoms with van der Waals surface area (Å²) < 4.78 is 49.5. The molecule has 0 saturated heterocycles. The number of carbonyl (C=O) groups excluding carboxylic acids is 1. The third-order valence-corrected chi connectivity index (χ3v) is 2.52. The molecular weight excluding hydrogens is 329 g/mol. The van der Waals surface area contributed by atoms with Gasteiger partial charge in [-0.15, -0.1) is 0 Å². The molecule has 1 aromatic carbocycles. The molecule has 0 saturated carbocycles. The van der Waals surface area contributed by atoms with Crippen LogP contribution in [0.15, 0.2) is 12.1 Å². The molecule has 0 aliphatic rings. The number of nitrogens with two attached hydrogens (primary N) is 1. The van der Waals surface area contributed by atoms with Crippen molar-refractivity contribution in [3.8, 4) is 0 Å². The number of hydrogen-bond donors (Lipinski definition) is 1. The van der Waals surface area contributed by atoms with E-state index in [1.165, 1.54) is 22.6 Å². The smallest absolute Gasteiger partial charge is 0.366 e. The van der Waals surface area contributed by atoms with E-state index in [1.54, 1.807) is 0 Å². The third-order valence-electron chi connectivity index (χ3n) is 1.63. The summed E-state index contributed by atoms with van der Waals surface area (Å²) in [5, 5.41) is 0. The van der Waals surface area contributed by atoms with E-state index in [-0.39, 0.29) is 9.13 Å². The van der Waals surface area contributed by atoms with Crippen LogP contribution in [0.4, 0.5) is 17.6 Å². The Balaban J connectivity index is 3.39. The topological polar surface area (TPSA) is 43.1 Å². The summed E-state index contributed by atoms with van der Waals surface area (Å²) in [7, 11) is 0. The fourth-order valence-electron chi connectivity index (χ4n) is 0.953. The monoisotopic (exact) mass is 333 g/mol. The van der Waals surface area contributed by atoms with Gasteiger partial charge in [0.05, 0.1) is 11.1 Å². The minimum absolute atomic E-state index is 0.0335. The third kappa shape index (κ3) is 2.58. The maximum atomic E-state index is 13.0. The number of rotatable bonds is 1. The first-order valence-electron chi connectivity index (χ1n) is 3.59. The van der Waals surface area contributed by atoms with Gasteiger partial charge in [0, 0.05) is 3.57 Å². The molecule has 0 fully saturated rings. The largest absolute Gasteiger partial charge is 0.419 e. The normalized spacial score (nSPS) is 11.5. The maximum absolute atomic E-state index is 13.0. The highest BCUT2D eigenvalue weighted by Gasteiger charge is 2.35. The fraction of sp³-hybridized carbons (Fsp3) is 0.125. The van der Waals surface area contributed by atoms with Crippen LogP contribution < -0.4 is 5.73 Å². The van der Waals surface area contributed by atoms with Gasteiger partial charge in [-0.3, -0.25) is 4.79 Å². The molecule has 0 bridgehead atoms. The summed E-state index contributed by atoms with van der Waals surface area (Å²) in [5.41, 5.74) is 3.18. The molecule has 1 aromatic rings. The van der Waals surface area contributed by atoms with Crippen molar-refractivity contribution in [1.82, 2.24) is 0 Å². The molecule has 1 rings (SSSR count). The van der Waals surface area contributed by atoms with Gasteiger partial charge in [-0.1, -0.05) is 0 Å². The standard InChI is InChI=1S/C8H4F4INO/c9-5-1-3(7(14)15)6(13)2-4(5)8(10,11)12/h1-2H,(H2,14,15). The molecule has 0 spiro atoms. The first-order chi connectivity index (χ1) is 6.73. The van der Waals surface area contributed by atoms with E-state index in [9.17, 15) is 22.4 Å². The van der Waals surface area contributed by atoms with E-state index in [1.807, 2.05) is 0 Å². The summed E-state index contributed by atoms with van der Waals surface area (Å²) in [5.74, 6) is -2.47. The maximum Gasteiger partial charge on any atom is 0.419 e. The van der Waals surface area contributed by atoms with E-state index < -0.39 is 23.5 Å². The van der Waals surface area contributed by atoms with Crippen LogP contribution >= 0.6 is 22.6 Å². The molecule has 7 heteroatoms. The molecule has 0 aromatic heterocycles. The van der Waals surface area contributed by atoms with Crippen LogP contribution in [-0.2, 0) is 6.18 Å². The van der Waals surface area contributed by atoms with Crippen LogP contribution in [-0.4, -0.2) is 5.91 Å². The molecule has 0 aliphatic heterocycles. The van der Waals surface area contributed by atoms with Crippen molar-refractivity contribution < 1.29 is 22.4 Å². The van der Waals surface area contributed by atoms with Gasteiger partial charge in [-0.05, 0) is 34.7 Å². The minimum atomic E-state index is -4.78. The lowest BCUT2D eigenvalue weighted by Gasteiger charge is -2.09. The Hall–Kier alpha value is -0.860. The predicted molar refractivity (Wildman–Crippen MR) is 52.6 cm³/mol. The number of halogens is 5. The van der Waals surface area contributed by atoms with Gasteiger partial charge in [0.1, 0.15) is 5.82 Å². The zero-order chi connectivity index (χ0) is 11.8. The molecule has 0 atom stereocenters. The molecular formula is C8H4F4INO. The van der Waals surface area contributed by atoms with E-state index in [0.717, 1.165) is 0 Å². The number of benzene rings is 1. The zero-order valence-electron chi connectivity index (χ0n) is 7.03. The molecule has 0 radical (unpaired) electrons. The summed E-state index contributed by atoms with van der Waals surface area (Å²) in [4.78, 5) is 10.7. The van der Waals surface area contributed by atoms with Gasteiger partial charge in [0.25, 0.3) is 0 Å². The highest BCUT2D eigenvalue weighted by molar-refractivity contribution is 14.1. The van der Waals surface area contributed by atoms with Crippen molar-refractivity contribution in [3.05, 3.63) is 32.6 Å². The summed E-state index contributed by atoms with van der Waals surface area (Å²) >= 11 is 1.49. The van der Waals surface area contributed by atoms with Crippen molar-refractivity contribution in [2.75, 3.05) is 0 Å². The lowest BCUT2D eigenvalue weighted by Crippen LogP contribution is -2.16. The van der Waals surface area contributed by atoms with Crippen LogP contribution in [0, 0.1) is 9.39 Å². The van der Waals surface area contributed by atoms with Gasteiger partial charge in [-0.2, -0.15) is 13.2 Å². The molecule has 0 aliphatic carbocycles. The SMILES string of the molecule is NC(=O)c1cc(F)c(C(F)(F)F)cc1I. The second-order valence-corrected chi connectivity index (χ2v) is 3.84. The number of alkyl halides is 3. The van der Waals surface area contributed by atoms with E-state index in [2.05, 4.69) is 0 Å². The Labute approximate surface area is 95.6 Å². The Kier molecular flexibility index (Phi) is 3.22. The van der Waals surface area contributed by atoms with Crippen molar-refractivity contribution in [2.45, 2.75) is 6.18 Å². The van der Waals surface area contributed by atoms with Gasteiger partial charge >= 0.3 is 6.18 Å². The van der Waals surface area contributed by atoms with Crippen molar-refractivity contribution >= 4 is 28.5 Å². The van der Waals surface area contributed by atoms with Crippen LogP contribution in [0.25, 0.3) is 0 Å². The number of carbonyl (C=O) groups is 1.